The number of hydrogen-bond acceptors (Lipinski definition) is 5. The number of fused-ring (bicyclic) bond motifs is 6. The Morgan fingerprint density at radius 1 is 0.328 bits per heavy atom. The molecule has 0 aliphatic carbocycles. The lowest BCUT2D eigenvalue weighted by Crippen LogP contribution is -2.02. The first kappa shape index (κ1) is 32.4. The lowest BCUT2D eigenvalue weighted by molar-refractivity contribution is 0.487. The lowest BCUT2D eigenvalue weighted by Gasteiger charge is -2.24. The first-order valence-electron chi connectivity index (χ1n) is 19.4. The molecule has 0 N–H and O–H groups in total. The lowest BCUT2D eigenvalue weighted by atomic mass is 9.88. The molecule has 0 radical (unpaired) electrons. The normalized spacial score (nSPS) is 11.9. The van der Waals surface area contributed by atoms with Gasteiger partial charge in [-0.05, 0) is 92.5 Å². The van der Waals surface area contributed by atoms with Crippen LogP contribution in [0.4, 0.5) is 0 Å². The van der Waals surface area contributed by atoms with E-state index in [0.29, 0.717) is 17.5 Å². The van der Waals surface area contributed by atoms with Crippen molar-refractivity contribution >= 4 is 43.5 Å². The Morgan fingerprint density at radius 2 is 0.948 bits per heavy atom. The maximum Gasteiger partial charge on any atom is 0.164 e. The van der Waals surface area contributed by atoms with Gasteiger partial charge in [-0.25, -0.2) is 15.0 Å². The average Bonchev–Trinajstić information content (AvgIpc) is 3.67. The fourth-order valence-electron chi connectivity index (χ4n) is 8.55. The van der Waals surface area contributed by atoms with Gasteiger partial charge in [0.15, 0.2) is 17.5 Å². The molecule has 58 heavy (non-hydrogen) atoms. The summed E-state index contributed by atoms with van der Waals surface area (Å²) in [6, 6.07) is 65.1. The third-order valence-electron chi connectivity index (χ3n) is 11.3. The van der Waals surface area contributed by atoms with Gasteiger partial charge in [-0.1, -0.05) is 140 Å². The van der Waals surface area contributed by atoms with E-state index in [2.05, 4.69) is 140 Å². The highest BCUT2D eigenvalue weighted by Gasteiger charge is 2.25. The summed E-state index contributed by atoms with van der Waals surface area (Å²) in [6.45, 7) is 0. The van der Waals surface area contributed by atoms with Crippen molar-refractivity contribution in [3.63, 3.8) is 0 Å². The van der Waals surface area contributed by atoms with Gasteiger partial charge in [0, 0.05) is 38.4 Å². The summed E-state index contributed by atoms with van der Waals surface area (Å²) >= 11 is 0. The van der Waals surface area contributed by atoms with E-state index in [1.165, 1.54) is 11.1 Å². The number of nitrogens with zero attached hydrogens (tertiary/aromatic N) is 3. The Bertz CT molecular complexity index is 3430. The maximum absolute atomic E-state index is 6.67. The van der Waals surface area contributed by atoms with Crippen molar-refractivity contribution in [3.8, 4) is 79.0 Å². The highest BCUT2D eigenvalue weighted by atomic mass is 16.5. The summed E-state index contributed by atoms with van der Waals surface area (Å²) in [6.07, 6.45) is 0. The SMILES string of the molecule is c1ccc(-c2ccc3cc(-c4nc(-c5ccc6c(c5)oc5ccccc56)nc(-c5ccc6c7c(cccc57)-c5c(cccc5-c5ccccc5)O6)n4)ccc3c2)cc1. The zero-order chi connectivity index (χ0) is 38.2. The predicted molar refractivity (Wildman–Crippen MR) is 235 cm³/mol. The largest absolute Gasteiger partial charge is 0.456 e. The Kier molecular flexibility index (Phi) is 7.16. The van der Waals surface area contributed by atoms with Crippen molar-refractivity contribution in [3.05, 3.63) is 188 Å². The van der Waals surface area contributed by atoms with Crippen molar-refractivity contribution in [1.29, 1.82) is 0 Å². The molecule has 0 saturated heterocycles. The van der Waals surface area contributed by atoms with Crippen LogP contribution in [0.3, 0.4) is 0 Å². The summed E-state index contributed by atoms with van der Waals surface area (Å²) in [4.78, 5) is 15.6. The van der Waals surface area contributed by atoms with Crippen LogP contribution >= 0.6 is 0 Å². The van der Waals surface area contributed by atoms with Crippen LogP contribution in [0.5, 0.6) is 11.5 Å². The smallest absolute Gasteiger partial charge is 0.164 e. The van der Waals surface area contributed by atoms with Gasteiger partial charge < -0.3 is 9.15 Å². The predicted octanol–water partition coefficient (Wildman–Crippen LogP) is 14.2. The zero-order valence-electron chi connectivity index (χ0n) is 31.1. The molecule has 9 aromatic carbocycles. The van der Waals surface area contributed by atoms with Crippen molar-refractivity contribution in [2.45, 2.75) is 0 Å². The van der Waals surface area contributed by atoms with E-state index in [1.807, 2.05) is 48.5 Å². The molecule has 5 nitrogen and oxygen atoms in total. The monoisotopic (exact) mass is 741 g/mol. The molecule has 0 unspecified atom stereocenters. The van der Waals surface area contributed by atoms with Gasteiger partial charge in [0.25, 0.3) is 0 Å². The number of furan rings is 1. The van der Waals surface area contributed by atoms with E-state index in [4.69, 9.17) is 24.1 Å². The van der Waals surface area contributed by atoms with Crippen LogP contribution in [0.25, 0.3) is 111 Å². The Hall–Kier alpha value is -7.89. The van der Waals surface area contributed by atoms with Crippen molar-refractivity contribution < 1.29 is 9.15 Å². The van der Waals surface area contributed by atoms with E-state index in [1.54, 1.807) is 0 Å². The average molecular weight is 742 g/mol. The number of ether oxygens (including phenoxy) is 1. The van der Waals surface area contributed by atoms with Crippen LogP contribution < -0.4 is 4.74 Å². The van der Waals surface area contributed by atoms with Crippen molar-refractivity contribution in [2.75, 3.05) is 0 Å². The molecule has 0 fully saturated rings. The molecule has 1 aliphatic rings. The van der Waals surface area contributed by atoms with E-state index < -0.39 is 0 Å². The summed E-state index contributed by atoms with van der Waals surface area (Å²) in [5.41, 5.74) is 11.1. The Morgan fingerprint density at radius 3 is 1.78 bits per heavy atom. The second-order valence-corrected chi connectivity index (χ2v) is 14.7. The summed E-state index contributed by atoms with van der Waals surface area (Å²) in [5, 5.41) is 6.42. The zero-order valence-corrected chi connectivity index (χ0v) is 31.1. The van der Waals surface area contributed by atoms with Crippen molar-refractivity contribution in [2.24, 2.45) is 0 Å². The van der Waals surface area contributed by atoms with Crippen LogP contribution in [-0.4, -0.2) is 15.0 Å². The molecule has 0 atom stereocenters. The van der Waals surface area contributed by atoms with Crippen molar-refractivity contribution in [1.82, 2.24) is 15.0 Å². The molecule has 0 saturated carbocycles. The quantitative estimate of drug-likeness (QED) is 0.176. The summed E-state index contributed by atoms with van der Waals surface area (Å²) < 4.78 is 13.0. The number of rotatable bonds is 5. The summed E-state index contributed by atoms with van der Waals surface area (Å²) in [7, 11) is 0. The first-order chi connectivity index (χ1) is 28.7. The highest BCUT2D eigenvalue weighted by molar-refractivity contribution is 6.12. The number of aromatic nitrogens is 3. The Balaban J connectivity index is 1.05. The molecular formula is C53H31N3O2. The molecule has 0 spiro atoms. The maximum atomic E-state index is 6.67. The highest BCUT2D eigenvalue weighted by Crippen LogP contribution is 2.51. The molecule has 12 rings (SSSR count). The Labute approximate surface area is 333 Å². The fraction of sp³-hybridized carbons (Fsp3) is 0. The second kappa shape index (κ2) is 12.8. The molecule has 0 bridgehead atoms. The molecule has 0 amide bonds. The van der Waals surface area contributed by atoms with Crippen LogP contribution in [0, 0.1) is 0 Å². The van der Waals surface area contributed by atoms with Gasteiger partial charge in [-0.15, -0.1) is 0 Å². The number of benzene rings is 9. The van der Waals surface area contributed by atoms with E-state index in [9.17, 15) is 0 Å². The van der Waals surface area contributed by atoms with E-state index >= 15 is 0 Å². The number of para-hydroxylation sites is 1. The van der Waals surface area contributed by atoms with Gasteiger partial charge in [0.2, 0.25) is 0 Å². The number of hydrogen-bond donors (Lipinski definition) is 0. The molecule has 2 aromatic heterocycles. The van der Waals surface area contributed by atoms with Gasteiger partial charge in [-0.2, -0.15) is 0 Å². The molecular weight excluding hydrogens is 711 g/mol. The van der Waals surface area contributed by atoms with Crippen LogP contribution in [0.1, 0.15) is 0 Å². The van der Waals surface area contributed by atoms with Gasteiger partial charge in [0.1, 0.15) is 22.7 Å². The molecule has 5 heteroatoms. The minimum atomic E-state index is 0.565. The fourth-order valence-corrected chi connectivity index (χ4v) is 8.55. The van der Waals surface area contributed by atoms with Crippen LogP contribution in [-0.2, 0) is 0 Å². The third kappa shape index (κ3) is 5.21. The van der Waals surface area contributed by atoms with Gasteiger partial charge >= 0.3 is 0 Å². The van der Waals surface area contributed by atoms with Gasteiger partial charge in [-0.3, -0.25) is 0 Å². The molecule has 1 aliphatic heterocycles. The standard InChI is InChI=1S/C53H31N3O2/c1-3-11-32(12-4-1)34-21-22-36-30-37(24-23-35(36)29-34)51-54-52(38-25-26-41-40-15-7-8-19-45(40)57-48(41)31-38)56-53(55-51)43-27-28-47-50-42(43)17-9-18-44(50)49-39(16-10-20-46(49)58-47)33-13-5-2-6-14-33/h1-31H. The van der Waals surface area contributed by atoms with Gasteiger partial charge in [0.05, 0.1) is 0 Å². The third-order valence-corrected chi connectivity index (χ3v) is 11.3. The minimum absolute atomic E-state index is 0.565. The first-order valence-corrected chi connectivity index (χ1v) is 19.4. The molecule has 11 aromatic rings. The molecule has 270 valence electrons. The topological polar surface area (TPSA) is 61.0 Å². The van der Waals surface area contributed by atoms with Crippen LogP contribution in [0.2, 0.25) is 0 Å². The van der Waals surface area contributed by atoms with Crippen LogP contribution in [0.15, 0.2) is 192 Å². The minimum Gasteiger partial charge on any atom is -0.456 e. The van der Waals surface area contributed by atoms with E-state index in [-0.39, 0.29) is 0 Å². The molecule has 3 heterocycles. The second-order valence-electron chi connectivity index (χ2n) is 14.7. The van der Waals surface area contributed by atoms with E-state index in [0.717, 1.165) is 93.9 Å². The summed E-state index contributed by atoms with van der Waals surface area (Å²) in [5.74, 6) is 3.38.